The van der Waals surface area contributed by atoms with Crippen molar-refractivity contribution in [3.63, 3.8) is 0 Å². The molecule has 1 aliphatic rings. The molecule has 0 spiro atoms. The Kier molecular flexibility index (Phi) is 7.37. The summed E-state index contributed by atoms with van der Waals surface area (Å²) in [5.41, 5.74) is 0.0199. The molecule has 4 nitrogen and oxygen atoms in total. The van der Waals surface area contributed by atoms with Gasteiger partial charge in [-0.25, -0.2) is 0 Å². The van der Waals surface area contributed by atoms with E-state index in [1.54, 1.807) is 0 Å². The molecule has 0 radical (unpaired) electrons. The third-order valence-corrected chi connectivity index (χ3v) is 4.65. The van der Waals surface area contributed by atoms with E-state index in [1.165, 1.54) is 33.5 Å². The Bertz CT molecular complexity index is 364. The monoisotopic (exact) mass is 312 g/mol. The van der Waals surface area contributed by atoms with Gasteiger partial charge in [0.05, 0.1) is 26.1 Å². The highest BCUT2D eigenvalue weighted by molar-refractivity contribution is 5.76. The Morgan fingerprint density at radius 1 is 1.00 bits per heavy atom. The third-order valence-electron chi connectivity index (χ3n) is 4.65. The fourth-order valence-electron chi connectivity index (χ4n) is 3.64. The van der Waals surface area contributed by atoms with E-state index in [-0.39, 0.29) is 29.2 Å². The van der Waals surface area contributed by atoms with Gasteiger partial charge in [0.2, 0.25) is 0 Å². The fourth-order valence-corrected chi connectivity index (χ4v) is 3.64. The molecule has 1 saturated carbocycles. The average molecular weight is 312 g/mol. The smallest absolute Gasteiger partial charge is 0.308 e. The Balaban J connectivity index is 2.86. The Morgan fingerprint density at radius 3 is 2.00 bits per heavy atom. The molecular weight excluding hydrogens is 280 g/mol. The lowest BCUT2D eigenvalue weighted by atomic mass is 9.73. The van der Waals surface area contributed by atoms with Crippen molar-refractivity contribution in [1.82, 2.24) is 0 Å². The number of carbonyl (C=O) groups excluding carboxylic acids is 2. The molecule has 1 fully saturated rings. The molecule has 0 saturated heterocycles. The van der Waals surface area contributed by atoms with E-state index >= 15 is 0 Å². The summed E-state index contributed by atoms with van der Waals surface area (Å²) in [6, 6.07) is 0. The molecule has 0 amide bonds. The largest absolute Gasteiger partial charge is 0.469 e. The van der Waals surface area contributed by atoms with Crippen molar-refractivity contribution in [2.24, 2.45) is 23.2 Å². The second-order valence-corrected chi connectivity index (χ2v) is 7.75. The van der Waals surface area contributed by atoms with Crippen LogP contribution in [-0.2, 0) is 19.1 Å². The summed E-state index contributed by atoms with van der Waals surface area (Å²) in [6.07, 6.45) is 6.96. The number of rotatable bonds is 6. The Hall–Kier alpha value is -1.06. The first-order valence-corrected chi connectivity index (χ1v) is 8.44. The maximum Gasteiger partial charge on any atom is 0.308 e. The maximum atomic E-state index is 12.2. The second kappa shape index (κ2) is 8.54. The van der Waals surface area contributed by atoms with E-state index in [9.17, 15) is 9.59 Å². The van der Waals surface area contributed by atoms with Crippen LogP contribution in [0, 0.1) is 23.2 Å². The van der Waals surface area contributed by atoms with E-state index in [0.29, 0.717) is 12.3 Å². The molecule has 0 heterocycles. The van der Waals surface area contributed by atoms with Gasteiger partial charge in [0.1, 0.15) is 0 Å². The zero-order valence-electron chi connectivity index (χ0n) is 14.8. The normalized spacial score (nSPS) is 19.3. The molecule has 4 heteroatoms. The summed E-state index contributed by atoms with van der Waals surface area (Å²) >= 11 is 0. The minimum Gasteiger partial charge on any atom is -0.469 e. The van der Waals surface area contributed by atoms with Crippen LogP contribution in [0.1, 0.15) is 65.7 Å². The number of hydrogen-bond donors (Lipinski definition) is 0. The highest BCUT2D eigenvalue weighted by Crippen LogP contribution is 2.37. The van der Waals surface area contributed by atoms with Crippen molar-refractivity contribution < 1.29 is 19.1 Å². The van der Waals surface area contributed by atoms with Crippen molar-refractivity contribution in [2.75, 3.05) is 14.2 Å². The summed E-state index contributed by atoms with van der Waals surface area (Å²) in [7, 11) is 2.86. The quantitative estimate of drug-likeness (QED) is 0.696. The minimum absolute atomic E-state index is 0.0199. The Labute approximate surface area is 134 Å². The van der Waals surface area contributed by atoms with Crippen LogP contribution in [0.3, 0.4) is 0 Å². The molecule has 128 valence electrons. The van der Waals surface area contributed by atoms with Crippen molar-refractivity contribution in [1.29, 1.82) is 0 Å². The summed E-state index contributed by atoms with van der Waals surface area (Å²) in [6.45, 7) is 6.32. The van der Waals surface area contributed by atoms with Crippen molar-refractivity contribution >= 4 is 11.9 Å². The van der Waals surface area contributed by atoms with Crippen LogP contribution in [0.5, 0.6) is 0 Å². The first-order chi connectivity index (χ1) is 10.3. The van der Waals surface area contributed by atoms with Crippen LogP contribution in [0.4, 0.5) is 0 Å². The van der Waals surface area contributed by atoms with Gasteiger partial charge >= 0.3 is 11.9 Å². The van der Waals surface area contributed by atoms with Gasteiger partial charge in [0.25, 0.3) is 0 Å². The molecule has 0 aromatic rings. The molecule has 1 aliphatic carbocycles. The zero-order valence-corrected chi connectivity index (χ0v) is 14.8. The molecule has 0 bridgehead atoms. The maximum absolute atomic E-state index is 12.2. The summed E-state index contributed by atoms with van der Waals surface area (Å²) in [5, 5.41) is 0. The number of esters is 2. The molecule has 0 aromatic heterocycles. The van der Waals surface area contributed by atoms with Gasteiger partial charge in [-0.1, -0.05) is 40.0 Å². The molecular formula is C18H32O4. The Morgan fingerprint density at radius 2 is 1.55 bits per heavy atom. The molecule has 0 aliphatic heterocycles. The standard InChI is InChI=1S/C18H32O4/c1-18(2,3)12-14(16(19)21-4)11-15(17(20)22-5)13-9-7-6-8-10-13/h13-15H,6-12H2,1-5H3/t14-,15-/m1/s1. The van der Waals surface area contributed by atoms with E-state index in [0.717, 1.165) is 19.3 Å². The van der Waals surface area contributed by atoms with E-state index in [1.807, 2.05) is 0 Å². The predicted molar refractivity (Wildman–Crippen MR) is 86.3 cm³/mol. The second-order valence-electron chi connectivity index (χ2n) is 7.75. The molecule has 0 aromatic carbocycles. The topological polar surface area (TPSA) is 52.6 Å². The first-order valence-electron chi connectivity index (χ1n) is 8.44. The molecule has 0 unspecified atom stereocenters. The highest BCUT2D eigenvalue weighted by Gasteiger charge is 2.36. The first kappa shape index (κ1) is 19.0. The van der Waals surface area contributed by atoms with Gasteiger partial charge < -0.3 is 9.47 Å². The predicted octanol–water partition coefficient (Wildman–Crippen LogP) is 3.97. The molecule has 22 heavy (non-hydrogen) atoms. The number of hydrogen-bond acceptors (Lipinski definition) is 4. The summed E-state index contributed by atoms with van der Waals surface area (Å²) in [4.78, 5) is 24.4. The number of ether oxygens (including phenoxy) is 2. The average Bonchev–Trinajstić information content (AvgIpc) is 2.49. The summed E-state index contributed by atoms with van der Waals surface area (Å²) in [5.74, 6) is -0.463. The lowest BCUT2D eigenvalue weighted by Crippen LogP contribution is -2.33. The number of carbonyl (C=O) groups is 2. The van der Waals surface area contributed by atoms with Crippen molar-refractivity contribution in [3.8, 4) is 0 Å². The van der Waals surface area contributed by atoms with Crippen LogP contribution >= 0.6 is 0 Å². The van der Waals surface area contributed by atoms with E-state index in [4.69, 9.17) is 9.47 Å². The van der Waals surface area contributed by atoms with Crippen LogP contribution in [0.2, 0.25) is 0 Å². The van der Waals surface area contributed by atoms with Gasteiger partial charge in [0.15, 0.2) is 0 Å². The molecule has 0 N–H and O–H groups in total. The van der Waals surface area contributed by atoms with Crippen LogP contribution < -0.4 is 0 Å². The number of methoxy groups -OCH3 is 2. The van der Waals surface area contributed by atoms with Gasteiger partial charge in [-0.2, -0.15) is 0 Å². The molecule has 2 atom stereocenters. The van der Waals surface area contributed by atoms with Gasteiger partial charge in [-0.3, -0.25) is 9.59 Å². The van der Waals surface area contributed by atoms with E-state index < -0.39 is 0 Å². The van der Waals surface area contributed by atoms with Gasteiger partial charge in [-0.05, 0) is 37.0 Å². The van der Waals surface area contributed by atoms with Crippen molar-refractivity contribution in [3.05, 3.63) is 0 Å². The lowest BCUT2D eigenvalue weighted by molar-refractivity contribution is -0.152. The lowest BCUT2D eigenvalue weighted by Gasteiger charge is -2.32. The minimum atomic E-state index is -0.240. The summed E-state index contributed by atoms with van der Waals surface area (Å²) < 4.78 is 9.99. The molecule has 1 rings (SSSR count). The van der Waals surface area contributed by atoms with Crippen molar-refractivity contribution in [2.45, 2.75) is 65.7 Å². The highest BCUT2D eigenvalue weighted by atomic mass is 16.5. The van der Waals surface area contributed by atoms with Crippen LogP contribution in [0.15, 0.2) is 0 Å². The van der Waals surface area contributed by atoms with Gasteiger partial charge in [-0.15, -0.1) is 0 Å². The fraction of sp³-hybridized carbons (Fsp3) is 0.889. The zero-order chi connectivity index (χ0) is 16.8. The van der Waals surface area contributed by atoms with E-state index in [2.05, 4.69) is 20.8 Å². The van der Waals surface area contributed by atoms with Crippen LogP contribution in [-0.4, -0.2) is 26.2 Å². The SMILES string of the molecule is COC(=O)[C@H](C[C@@H](C(=O)OC)C1CCCCC1)CC(C)(C)C. The van der Waals surface area contributed by atoms with Gasteiger partial charge in [0, 0.05) is 0 Å². The third kappa shape index (κ3) is 5.98. The van der Waals surface area contributed by atoms with Crippen LogP contribution in [0.25, 0.3) is 0 Å².